The van der Waals surface area contributed by atoms with Crippen LogP contribution in [0.2, 0.25) is 0 Å². The van der Waals surface area contributed by atoms with Gasteiger partial charge in [0.25, 0.3) is 0 Å². The molecule has 4 aliphatic carbocycles. The van der Waals surface area contributed by atoms with E-state index in [-0.39, 0.29) is 6.10 Å². The fourth-order valence-electron chi connectivity index (χ4n) is 8.46. The molecule has 0 aromatic heterocycles. The van der Waals surface area contributed by atoms with Crippen LogP contribution in [0.3, 0.4) is 0 Å². The number of nitrogens with one attached hydrogen (secondary N) is 1. The standard InChI is InChI=1S/C27H48N2O/c1-19(18-28-15-6-16-29(4)5)23-9-10-24-22-8-7-20-17-21(30)11-13-26(20,2)25(22)12-14-27(23,24)3/h8,19-21,23-25,28,30H,6-7,9-18H2,1-5H3/t19-,20+,21+,23-,24+,25+,26+,27-/m1/s1. The molecule has 0 radical (unpaired) electrons. The van der Waals surface area contributed by atoms with Crippen LogP contribution in [0.5, 0.6) is 0 Å². The van der Waals surface area contributed by atoms with E-state index in [0.717, 1.165) is 43.1 Å². The lowest BCUT2D eigenvalue weighted by Crippen LogP contribution is -2.50. The Balaban J connectivity index is 1.41. The number of hydrogen-bond acceptors (Lipinski definition) is 3. The lowest BCUT2D eigenvalue weighted by atomic mass is 9.47. The summed E-state index contributed by atoms with van der Waals surface area (Å²) in [6.45, 7) is 11.2. The largest absolute Gasteiger partial charge is 0.393 e. The van der Waals surface area contributed by atoms with Crippen molar-refractivity contribution in [1.82, 2.24) is 10.2 Å². The van der Waals surface area contributed by atoms with Crippen molar-refractivity contribution in [1.29, 1.82) is 0 Å². The molecule has 2 N–H and O–H groups in total. The molecule has 3 fully saturated rings. The molecule has 0 amide bonds. The first-order valence-corrected chi connectivity index (χ1v) is 13.0. The molecular formula is C27H48N2O. The van der Waals surface area contributed by atoms with Crippen LogP contribution in [0.25, 0.3) is 0 Å². The van der Waals surface area contributed by atoms with Gasteiger partial charge < -0.3 is 15.3 Å². The van der Waals surface area contributed by atoms with Gasteiger partial charge >= 0.3 is 0 Å². The zero-order valence-electron chi connectivity index (χ0n) is 20.4. The van der Waals surface area contributed by atoms with Crippen molar-refractivity contribution in [3.8, 4) is 0 Å². The summed E-state index contributed by atoms with van der Waals surface area (Å²) < 4.78 is 0. The summed E-state index contributed by atoms with van der Waals surface area (Å²) in [7, 11) is 4.33. The molecule has 0 aromatic rings. The zero-order valence-corrected chi connectivity index (χ0v) is 20.4. The van der Waals surface area contributed by atoms with E-state index in [1.165, 1.54) is 58.0 Å². The smallest absolute Gasteiger partial charge is 0.0543 e. The van der Waals surface area contributed by atoms with Crippen molar-refractivity contribution >= 4 is 0 Å². The maximum absolute atomic E-state index is 10.2. The first kappa shape index (κ1) is 22.8. The van der Waals surface area contributed by atoms with Gasteiger partial charge in [-0.05, 0) is 132 Å². The van der Waals surface area contributed by atoms with Gasteiger partial charge in [-0.25, -0.2) is 0 Å². The molecule has 30 heavy (non-hydrogen) atoms. The summed E-state index contributed by atoms with van der Waals surface area (Å²) in [4.78, 5) is 2.28. The van der Waals surface area contributed by atoms with Gasteiger partial charge in [0.1, 0.15) is 0 Å². The van der Waals surface area contributed by atoms with Crippen molar-refractivity contribution in [2.45, 2.75) is 84.7 Å². The highest BCUT2D eigenvalue weighted by molar-refractivity contribution is 5.27. The molecule has 0 aromatic carbocycles. The van der Waals surface area contributed by atoms with E-state index in [2.05, 4.69) is 51.2 Å². The number of allylic oxidation sites excluding steroid dienone is 2. The second kappa shape index (κ2) is 8.87. The summed E-state index contributed by atoms with van der Waals surface area (Å²) in [5.41, 5.74) is 2.81. The maximum atomic E-state index is 10.2. The molecular weight excluding hydrogens is 368 g/mol. The highest BCUT2D eigenvalue weighted by Gasteiger charge is 2.58. The van der Waals surface area contributed by atoms with Crippen molar-refractivity contribution in [3.05, 3.63) is 11.6 Å². The zero-order chi connectivity index (χ0) is 21.5. The van der Waals surface area contributed by atoms with E-state index >= 15 is 0 Å². The van der Waals surface area contributed by atoms with Crippen LogP contribution in [-0.2, 0) is 0 Å². The lowest BCUT2D eigenvalue weighted by molar-refractivity contribution is -0.0424. The molecule has 172 valence electrons. The van der Waals surface area contributed by atoms with Crippen LogP contribution in [0, 0.1) is 40.4 Å². The molecule has 0 saturated heterocycles. The van der Waals surface area contributed by atoms with E-state index in [0.29, 0.717) is 16.7 Å². The summed E-state index contributed by atoms with van der Waals surface area (Å²) in [5, 5.41) is 14.0. The fourth-order valence-corrected chi connectivity index (χ4v) is 8.46. The average Bonchev–Trinajstić information content (AvgIpc) is 3.05. The van der Waals surface area contributed by atoms with Crippen LogP contribution in [-0.4, -0.2) is 49.8 Å². The molecule has 0 unspecified atom stereocenters. The molecule has 0 aliphatic heterocycles. The fraction of sp³-hybridized carbons (Fsp3) is 0.926. The Bertz CT molecular complexity index is 630. The van der Waals surface area contributed by atoms with Crippen molar-refractivity contribution < 1.29 is 5.11 Å². The van der Waals surface area contributed by atoms with Crippen LogP contribution in [0.1, 0.15) is 78.6 Å². The molecule has 4 aliphatic rings. The molecule has 3 saturated carbocycles. The quantitative estimate of drug-likeness (QED) is 0.447. The number of rotatable bonds is 7. The predicted molar refractivity (Wildman–Crippen MR) is 126 cm³/mol. The average molecular weight is 417 g/mol. The van der Waals surface area contributed by atoms with Gasteiger partial charge in [-0.3, -0.25) is 0 Å². The first-order chi connectivity index (χ1) is 14.3. The Morgan fingerprint density at radius 3 is 2.60 bits per heavy atom. The van der Waals surface area contributed by atoms with Crippen LogP contribution < -0.4 is 5.32 Å². The van der Waals surface area contributed by atoms with Crippen molar-refractivity contribution in [2.24, 2.45) is 40.4 Å². The van der Waals surface area contributed by atoms with E-state index in [1.54, 1.807) is 0 Å². The molecule has 4 rings (SSSR count). The molecule has 0 bridgehead atoms. The van der Waals surface area contributed by atoms with Crippen LogP contribution in [0.15, 0.2) is 11.6 Å². The maximum Gasteiger partial charge on any atom is 0.0543 e. The minimum atomic E-state index is -0.0474. The summed E-state index contributed by atoms with van der Waals surface area (Å²) in [6, 6.07) is 0. The Kier molecular flexibility index (Phi) is 6.74. The van der Waals surface area contributed by atoms with Crippen LogP contribution in [0.4, 0.5) is 0 Å². The Morgan fingerprint density at radius 1 is 1.10 bits per heavy atom. The molecule has 3 heteroatoms. The van der Waals surface area contributed by atoms with E-state index < -0.39 is 0 Å². The third-order valence-electron chi connectivity index (χ3n) is 10.2. The van der Waals surface area contributed by atoms with E-state index in [9.17, 15) is 5.11 Å². The lowest BCUT2D eigenvalue weighted by Gasteiger charge is -2.57. The van der Waals surface area contributed by atoms with Gasteiger partial charge in [-0.2, -0.15) is 0 Å². The van der Waals surface area contributed by atoms with Gasteiger partial charge in [-0.15, -0.1) is 0 Å². The van der Waals surface area contributed by atoms with Gasteiger partial charge in [0.15, 0.2) is 0 Å². The van der Waals surface area contributed by atoms with Gasteiger partial charge in [0.05, 0.1) is 6.10 Å². The van der Waals surface area contributed by atoms with E-state index in [4.69, 9.17) is 0 Å². The third kappa shape index (κ3) is 4.04. The Labute approximate surface area is 186 Å². The normalized spacial score (nSPS) is 44.2. The Hall–Kier alpha value is -0.380. The van der Waals surface area contributed by atoms with Gasteiger partial charge in [0.2, 0.25) is 0 Å². The van der Waals surface area contributed by atoms with Crippen molar-refractivity contribution in [3.63, 3.8) is 0 Å². The molecule has 8 atom stereocenters. The molecule has 0 heterocycles. The van der Waals surface area contributed by atoms with Crippen molar-refractivity contribution in [2.75, 3.05) is 33.7 Å². The number of nitrogens with zero attached hydrogens (tertiary/aromatic N) is 1. The number of aliphatic hydroxyl groups is 1. The number of aliphatic hydroxyl groups excluding tert-OH is 1. The summed E-state index contributed by atoms with van der Waals surface area (Å²) in [6.07, 6.45) is 14.0. The monoisotopic (exact) mass is 416 g/mol. The summed E-state index contributed by atoms with van der Waals surface area (Å²) >= 11 is 0. The number of hydrogen-bond donors (Lipinski definition) is 2. The first-order valence-electron chi connectivity index (χ1n) is 13.0. The second-order valence-electron chi connectivity index (χ2n) is 12.2. The van der Waals surface area contributed by atoms with Gasteiger partial charge in [0, 0.05) is 0 Å². The molecule has 0 spiro atoms. The minimum Gasteiger partial charge on any atom is -0.393 e. The second-order valence-corrected chi connectivity index (χ2v) is 12.2. The third-order valence-corrected chi connectivity index (χ3v) is 10.2. The number of fused-ring (bicyclic) bond motifs is 5. The SMILES string of the molecule is C[C@H](CNCCCN(C)C)[C@H]1CC[C@H]2C3=CC[C@H]4C[C@@H](O)CC[C@]4(C)[C@H]3CC[C@]12C. The highest BCUT2D eigenvalue weighted by atomic mass is 16.3. The molecule has 3 nitrogen and oxygen atoms in total. The highest BCUT2D eigenvalue weighted by Crippen LogP contribution is 2.66. The van der Waals surface area contributed by atoms with E-state index in [1.807, 2.05) is 5.57 Å². The van der Waals surface area contributed by atoms with Gasteiger partial charge in [-0.1, -0.05) is 32.4 Å². The minimum absolute atomic E-state index is 0.0474. The van der Waals surface area contributed by atoms with Crippen LogP contribution >= 0.6 is 0 Å². The summed E-state index contributed by atoms with van der Waals surface area (Å²) in [5.74, 6) is 3.96. The topological polar surface area (TPSA) is 35.5 Å². The Morgan fingerprint density at radius 2 is 1.83 bits per heavy atom. The predicted octanol–water partition coefficient (Wildman–Crippen LogP) is 5.10.